The van der Waals surface area contributed by atoms with Crippen molar-refractivity contribution in [2.24, 2.45) is 0 Å². The number of piperidine rings is 1. The van der Waals surface area contributed by atoms with Gasteiger partial charge in [-0.25, -0.2) is 0 Å². The van der Waals surface area contributed by atoms with Gasteiger partial charge >= 0.3 is 6.18 Å². The van der Waals surface area contributed by atoms with Gasteiger partial charge in [-0.1, -0.05) is 30.3 Å². The van der Waals surface area contributed by atoms with E-state index in [1.807, 2.05) is 0 Å². The minimum Gasteiger partial charge on any atom is -0.341 e. The molecule has 2 aliphatic heterocycles. The van der Waals surface area contributed by atoms with E-state index in [2.05, 4.69) is 10.6 Å². The molecule has 2 N–H and O–H groups in total. The van der Waals surface area contributed by atoms with Gasteiger partial charge < -0.3 is 10.2 Å². The summed E-state index contributed by atoms with van der Waals surface area (Å²) in [5.74, 6) is -0.269. The number of alkyl halides is 3. The molecule has 1 aromatic rings. The first-order valence-corrected chi connectivity index (χ1v) is 8.28. The van der Waals surface area contributed by atoms with Gasteiger partial charge in [-0.15, -0.1) is 0 Å². The van der Waals surface area contributed by atoms with Crippen LogP contribution in [0.2, 0.25) is 0 Å². The van der Waals surface area contributed by atoms with Crippen molar-refractivity contribution in [1.82, 2.24) is 15.5 Å². The molecular weight excluding hydrogens is 319 g/mol. The van der Waals surface area contributed by atoms with Gasteiger partial charge in [0.1, 0.15) is 6.04 Å². The third-order valence-electron chi connectivity index (χ3n) is 5.09. The molecule has 2 aliphatic rings. The van der Waals surface area contributed by atoms with Crippen LogP contribution in [0.25, 0.3) is 0 Å². The van der Waals surface area contributed by atoms with Gasteiger partial charge in [0.15, 0.2) is 0 Å². The Kier molecular flexibility index (Phi) is 4.83. The molecule has 132 valence electrons. The van der Waals surface area contributed by atoms with E-state index in [1.165, 1.54) is 12.1 Å². The molecule has 1 atom stereocenters. The predicted molar refractivity (Wildman–Crippen MR) is 84.4 cm³/mol. The monoisotopic (exact) mass is 341 g/mol. The highest BCUT2D eigenvalue weighted by Gasteiger charge is 2.42. The van der Waals surface area contributed by atoms with Crippen LogP contribution in [0.4, 0.5) is 13.2 Å². The summed E-state index contributed by atoms with van der Waals surface area (Å²) in [7, 11) is 0. The topological polar surface area (TPSA) is 44.4 Å². The molecule has 0 aliphatic carbocycles. The summed E-state index contributed by atoms with van der Waals surface area (Å²) < 4.78 is 39.8. The predicted octanol–water partition coefficient (Wildman–Crippen LogP) is 2.23. The van der Waals surface area contributed by atoms with Gasteiger partial charge in [-0.2, -0.15) is 13.2 Å². The number of amides is 1. The molecule has 0 saturated carbocycles. The van der Waals surface area contributed by atoms with Crippen molar-refractivity contribution in [3.8, 4) is 0 Å². The molecule has 0 radical (unpaired) electrons. The van der Waals surface area contributed by atoms with Crippen molar-refractivity contribution >= 4 is 5.91 Å². The number of nitrogens with zero attached hydrogens (tertiary/aromatic N) is 1. The average molecular weight is 341 g/mol. The molecule has 1 amide bonds. The molecular formula is C17H22F3N3O. The van der Waals surface area contributed by atoms with Gasteiger partial charge in [0.2, 0.25) is 5.91 Å². The molecule has 4 nitrogen and oxygen atoms in total. The second-order valence-electron chi connectivity index (χ2n) is 6.60. The van der Waals surface area contributed by atoms with Crippen LogP contribution in [0, 0.1) is 0 Å². The van der Waals surface area contributed by atoms with Crippen molar-refractivity contribution in [2.75, 3.05) is 26.2 Å². The lowest BCUT2D eigenvalue weighted by Crippen LogP contribution is -2.62. The molecule has 2 heterocycles. The largest absolute Gasteiger partial charge is 0.407 e. The summed E-state index contributed by atoms with van der Waals surface area (Å²) >= 11 is 0. The second-order valence-corrected chi connectivity index (χ2v) is 6.60. The zero-order chi connectivity index (χ0) is 17.2. The Morgan fingerprint density at radius 1 is 1.21 bits per heavy atom. The lowest BCUT2D eigenvalue weighted by molar-refractivity contribution is -0.159. The Morgan fingerprint density at radius 3 is 2.33 bits per heavy atom. The Labute approximate surface area is 139 Å². The number of likely N-dealkylation sites (tertiary alicyclic amines) is 1. The van der Waals surface area contributed by atoms with Crippen LogP contribution in [-0.4, -0.2) is 48.7 Å². The van der Waals surface area contributed by atoms with E-state index >= 15 is 0 Å². The quantitative estimate of drug-likeness (QED) is 0.883. The van der Waals surface area contributed by atoms with E-state index < -0.39 is 12.2 Å². The number of carbonyl (C=O) groups excluding carboxylic acids is 1. The van der Waals surface area contributed by atoms with Gasteiger partial charge in [-0.05, 0) is 31.4 Å². The maximum absolute atomic E-state index is 13.3. The summed E-state index contributed by atoms with van der Waals surface area (Å²) in [5.41, 5.74) is 0.289. The molecule has 1 aromatic carbocycles. The first kappa shape index (κ1) is 17.2. The summed E-state index contributed by atoms with van der Waals surface area (Å²) in [6.45, 7) is 1.92. The van der Waals surface area contributed by atoms with Crippen molar-refractivity contribution in [1.29, 1.82) is 0 Å². The first-order chi connectivity index (χ1) is 11.4. The zero-order valence-corrected chi connectivity index (χ0v) is 13.4. The number of carbonyl (C=O) groups is 1. The number of nitrogens with one attached hydrogen (secondary N) is 2. The highest BCUT2D eigenvalue weighted by Crippen LogP contribution is 2.33. The third-order valence-corrected chi connectivity index (χ3v) is 5.09. The van der Waals surface area contributed by atoms with Crippen molar-refractivity contribution in [3.05, 3.63) is 35.9 Å². The summed E-state index contributed by atoms with van der Waals surface area (Å²) in [4.78, 5) is 13.9. The van der Waals surface area contributed by atoms with Crippen LogP contribution < -0.4 is 10.6 Å². The van der Waals surface area contributed by atoms with Crippen LogP contribution >= 0.6 is 0 Å². The third kappa shape index (κ3) is 3.72. The molecule has 2 fully saturated rings. The van der Waals surface area contributed by atoms with Crippen LogP contribution in [0.5, 0.6) is 0 Å². The minimum atomic E-state index is -4.44. The molecule has 7 heteroatoms. The van der Waals surface area contributed by atoms with Gasteiger partial charge in [0.25, 0.3) is 0 Å². The van der Waals surface area contributed by atoms with Gasteiger partial charge in [0, 0.05) is 18.6 Å². The smallest absolute Gasteiger partial charge is 0.341 e. The lowest BCUT2D eigenvalue weighted by Gasteiger charge is -2.49. The normalized spacial score (nSPS) is 21.4. The number of hydrogen-bond acceptors (Lipinski definition) is 3. The Hall–Kier alpha value is -1.60. The van der Waals surface area contributed by atoms with Crippen LogP contribution in [0.15, 0.2) is 30.3 Å². The second kappa shape index (κ2) is 6.72. The molecule has 2 saturated heterocycles. The summed E-state index contributed by atoms with van der Waals surface area (Å²) in [6, 6.07) is 5.80. The molecule has 3 rings (SSSR count). The molecule has 1 unspecified atom stereocenters. The van der Waals surface area contributed by atoms with Gasteiger partial charge in [-0.3, -0.25) is 10.1 Å². The maximum Gasteiger partial charge on any atom is 0.407 e. The van der Waals surface area contributed by atoms with E-state index in [1.54, 1.807) is 23.1 Å². The van der Waals surface area contributed by atoms with E-state index in [0.29, 0.717) is 13.1 Å². The molecule has 1 spiro atoms. The van der Waals surface area contributed by atoms with Crippen molar-refractivity contribution in [2.45, 2.75) is 37.0 Å². The fourth-order valence-corrected chi connectivity index (χ4v) is 3.46. The Morgan fingerprint density at radius 2 is 1.83 bits per heavy atom. The van der Waals surface area contributed by atoms with E-state index in [0.717, 1.165) is 25.8 Å². The maximum atomic E-state index is 13.3. The SMILES string of the molecule is O=C(CNC(c1ccccc1)C(F)(F)F)N1CCC2(CCN2)CC1. The first-order valence-electron chi connectivity index (χ1n) is 8.28. The van der Waals surface area contributed by atoms with Crippen LogP contribution in [0.1, 0.15) is 30.9 Å². The summed E-state index contributed by atoms with van der Waals surface area (Å²) in [5, 5.41) is 5.80. The van der Waals surface area contributed by atoms with Crippen LogP contribution in [0.3, 0.4) is 0 Å². The van der Waals surface area contributed by atoms with Crippen molar-refractivity contribution < 1.29 is 18.0 Å². The highest BCUT2D eigenvalue weighted by atomic mass is 19.4. The van der Waals surface area contributed by atoms with E-state index in [9.17, 15) is 18.0 Å². The van der Waals surface area contributed by atoms with Crippen molar-refractivity contribution in [3.63, 3.8) is 0 Å². The fourth-order valence-electron chi connectivity index (χ4n) is 3.46. The summed E-state index contributed by atoms with van der Waals surface area (Å²) in [6.07, 6.45) is -1.57. The van der Waals surface area contributed by atoms with Gasteiger partial charge in [0.05, 0.1) is 6.54 Å². The number of hydrogen-bond donors (Lipinski definition) is 2. The number of halogens is 3. The zero-order valence-electron chi connectivity index (χ0n) is 13.4. The molecule has 0 aromatic heterocycles. The highest BCUT2D eigenvalue weighted by molar-refractivity contribution is 5.78. The van der Waals surface area contributed by atoms with Crippen LogP contribution in [-0.2, 0) is 4.79 Å². The lowest BCUT2D eigenvalue weighted by atomic mass is 9.79. The molecule has 24 heavy (non-hydrogen) atoms. The average Bonchev–Trinajstić information content (AvgIpc) is 2.53. The standard InChI is InChI=1S/C17H22F3N3O/c18-17(19,20)15(13-4-2-1-3-5-13)21-12-14(24)23-10-7-16(8-11-23)6-9-22-16/h1-5,15,21-22H,6-12H2. The minimum absolute atomic E-state index is 0.120. The molecule has 0 bridgehead atoms. The van der Waals surface area contributed by atoms with E-state index in [4.69, 9.17) is 0 Å². The number of rotatable bonds is 4. The fraction of sp³-hybridized carbons (Fsp3) is 0.588. The number of benzene rings is 1. The Bertz CT molecular complexity index is 562. The van der Waals surface area contributed by atoms with E-state index in [-0.39, 0.29) is 23.6 Å². The Balaban J connectivity index is 1.55.